The Bertz CT molecular complexity index is 1300. The molecule has 0 aliphatic rings. The molecule has 0 N–H and O–H groups in total. The number of anilines is 2. The highest BCUT2D eigenvalue weighted by molar-refractivity contribution is 7.92. The summed E-state index contributed by atoms with van der Waals surface area (Å²) in [4.78, 5) is 19.5. The van der Waals surface area contributed by atoms with Crippen LogP contribution in [0.2, 0.25) is 0 Å². The molecule has 1 heterocycles. The van der Waals surface area contributed by atoms with Gasteiger partial charge >= 0.3 is 0 Å². The van der Waals surface area contributed by atoms with E-state index in [1.807, 2.05) is 37.3 Å². The molecular formula is C23H21N3O3S2. The molecule has 8 heteroatoms. The Kier molecular flexibility index (Phi) is 5.75. The summed E-state index contributed by atoms with van der Waals surface area (Å²) < 4.78 is 28.5. The SMILES string of the molecule is CCN(C(=O)c1cccc(S(=O)(=O)N(C)c2ccccc2)c1)c1nc2ccccc2s1. The number of thiazole rings is 1. The minimum absolute atomic E-state index is 0.0602. The summed E-state index contributed by atoms with van der Waals surface area (Å²) in [5.74, 6) is -0.291. The molecule has 0 fully saturated rings. The number of aromatic nitrogens is 1. The molecule has 6 nitrogen and oxygen atoms in total. The van der Waals surface area contributed by atoms with Crippen LogP contribution < -0.4 is 9.21 Å². The molecule has 158 valence electrons. The van der Waals surface area contributed by atoms with Crippen molar-refractivity contribution in [2.24, 2.45) is 0 Å². The first-order valence-electron chi connectivity index (χ1n) is 9.73. The van der Waals surface area contributed by atoms with Gasteiger partial charge in [-0.2, -0.15) is 0 Å². The second kappa shape index (κ2) is 8.49. The van der Waals surface area contributed by atoms with Gasteiger partial charge in [-0.15, -0.1) is 0 Å². The maximum atomic E-state index is 13.3. The van der Waals surface area contributed by atoms with Crippen molar-refractivity contribution < 1.29 is 13.2 Å². The van der Waals surface area contributed by atoms with Crippen LogP contribution in [0.25, 0.3) is 10.2 Å². The first kappa shape index (κ1) is 21.0. The Labute approximate surface area is 185 Å². The number of hydrogen-bond acceptors (Lipinski definition) is 5. The molecule has 31 heavy (non-hydrogen) atoms. The summed E-state index contributed by atoms with van der Waals surface area (Å²) in [6.45, 7) is 2.29. The van der Waals surface area contributed by atoms with Gasteiger partial charge < -0.3 is 0 Å². The summed E-state index contributed by atoms with van der Waals surface area (Å²) in [5, 5.41) is 0.586. The molecule has 0 saturated carbocycles. The molecule has 4 rings (SSSR count). The lowest BCUT2D eigenvalue weighted by atomic mass is 10.2. The Hall–Kier alpha value is -3.23. The zero-order valence-electron chi connectivity index (χ0n) is 17.1. The predicted octanol–water partition coefficient (Wildman–Crippen LogP) is 4.79. The molecule has 0 bridgehead atoms. The number of carbonyl (C=O) groups is 1. The molecule has 0 atom stereocenters. The average molecular weight is 452 g/mol. The number of amides is 1. The van der Waals surface area contributed by atoms with Crippen molar-refractivity contribution in [3.05, 3.63) is 84.4 Å². The van der Waals surface area contributed by atoms with Gasteiger partial charge in [-0.25, -0.2) is 13.4 Å². The highest BCUT2D eigenvalue weighted by atomic mass is 32.2. The number of nitrogens with zero attached hydrogens (tertiary/aromatic N) is 3. The van der Waals surface area contributed by atoms with Gasteiger partial charge in [-0.3, -0.25) is 14.0 Å². The van der Waals surface area contributed by atoms with Crippen LogP contribution in [0.1, 0.15) is 17.3 Å². The van der Waals surface area contributed by atoms with Crippen LogP contribution in [0.15, 0.2) is 83.8 Å². The van der Waals surface area contributed by atoms with Crippen molar-refractivity contribution in [1.82, 2.24) is 4.98 Å². The number of fused-ring (bicyclic) bond motifs is 1. The van der Waals surface area contributed by atoms with E-state index in [0.717, 1.165) is 10.2 Å². The van der Waals surface area contributed by atoms with Crippen LogP contribution >= 0.6 is 11.3 Å². The van der Waals surface area contributed by atoms with Gasteiger partial charge in [0.1, 0.15) is 0 Å². The van der Waals surface area contributed by atoms with Crippen molar-refractivity contribution >= 4 is 48.3 Å². The number of hydrogen-bond donors (Lipinski definition) is 0. The van der Waals surface area contributed by atoms with Gasteiger partial charge in [-0.1, -0.05) is 47.7 Å². The quantitative estimate of drug-likeness (QED) is 0.423. The molecule has 3 aromatic carbocycles. The van der Waals surface area contributed by atoms with E-state index in [-0.39, 0.29) is 10.8 Å². The molecule has 0 saturated heterocycles. The fraction of sp³-hybridized carbons (Fsp3) is 0.130. The zero-order chi connectivity index (χ0) is 22.0. The van der Waals surface area contributed by atoms with Gasteiger partial charge in [0.15, 0.2) is 5.13 Å². The second-order valence-electron chi connectivity index (χ2n) is 6.85. The van der Waals surface area contributed by atoms with E-state index < -0.39 is 10.0 Å². The normalized spacial score (nSPS) is 11.4. The number of para-hydroxylation sites is 2. The van der Waals surface area contributed by atoms with Crippen molar-refractivity contribution in [2.75, 3.05) is 22.8 Å². The smallest absolute Gasteiger partial charge is 0.264 e. The van der Waals surface area contributed by atoms with Crippen LogP contribution in [0.3, 0.4) is 0 Å². The predicted molar refractivity (Wildman–Crippen MR) is 125 cm³/mol. The maximum Gasteiger partial charge on any atom is 0.264 e. The minimum Gasteiger partial charge on any atom is -0.284 e. The minimum atomic E-state index is -3.82. The average Bonchev–Trinajstić information content (AvgIpc) is 3.23. The number of carbonyl (C=O) groups excluding carboxylic acids is 1. The molecule has 0 unspecified atom stereocenters. The third kappa shape index (κ3) is 4.04. The largest absolute Gasteiger partial charge is 0.284 e. The van der Waals surface area contributed by atoms with E-state index in [0.29, 0.717) is 22.9 Å². The van der Waals surface area contributed by atoms with Gasteiger partial charge in [0, 0.05) is 19.2 Å². The van der Waals surface area contributed by atoms with Crippen molar-refractivity contribution in [3.63, 3.8) is 0 Å². The van der Waals surface area contributed by atoms with Crippen molar-refractivity contribution in [1.29, 1.82) is 0 Å². The van der Waals surface area contributed by atoms with E-state index in [2.05, 4.69) is 4.98 Å². The second-order valence-corrected chi connectivity index (χ2v) is 9.83. The van der Waals surface area contributed by atoms with E-state index in [9.17, 15) is 13.2 Å². The summed E-state index contributed by atoms with van der Waals surface area (Å²) in [6.07, 6.45) is 0. The van der Waals surface area contributed by atoms with Crippen LogP contribution in [0.4, 0.5) is 10.8 Å². The van der Waals surface area contributed by atoms with Gasteiger partial charge in [0.05, 0.1) is 20.8 Å². The Morgan fingerprint density at radius 1 is 0.968 bits per heavy atom. The van der Waals surface area contributed by atoms with Gasteiger partial charge in [0.2, 0.25) is 0 Å². The molecule has 1 amide bonds. The number of benzene rings is 3. The maximum absolute atomic E-state index is 13.3. The van der Waals surface area contributed by atoms with Crippen molar-refractivity contribution in [2.45, 2.75) is 11.8 Å². The third-order valence-corrected chi connectivity index (χ3v) is 7.77. The highest BCUT2D eigenvalue weighted by Crippen LogP contribution is 2.30. The summed E-state index contributed by atoms with van der Waals surface area (Å²) >= 11 is 1.43. The standard InChI is InChI=1S/C23H21N3O3S2/c1-3-26(23-24-20-14-7-8-15-21(20)30-23)22(27)17-10-9-13-19(16-17)31(28,29)25(2)18-11-5-4-6-12-18/h4-16H,3H2,1-2H3. The lowest BCUT2D eigenvalue weighted by molar-refractivity contribution is 0.0988. The molecule has 0 radical (unpaired) electrons. The van der Waals surface area contributed by atoms with Crippen LogP contribution in [-0.4, -0.2) is 32.9 Å². The van der Waals surface area contributed by atoms with Crippen LogP contribution in [0.5, 0.6) is 0 Å². The molecule has 1 aromatic heterocycles. The fourth-order valence-electron chi connectivity index (χ4n) is 3.22. The molecule has 4 aromatic rings. The summed E-state index contributed by atoms with van der Waals surface area (Å²) in [6, 6.07) is 22.7. The Morgan fingerprint density at radius 2 is 1.68 bits per heavy atom. The van der Waals surface area contributed by atoms with E-state index in [4.69, 9.17) is 0 Å². The third-order valence-electron chi connectivity index (χ3n) is 4.93. The lowest BCUT2D eigenvalue weighted by Crippen LogP contribution is -2.31. The van der Waals surface area contributed by atoms with E-state index >= 15 is 0 Å². The zero-order valence-corrected chi connectivity index (χ0v) is 18.7. The highest BCUT2D eigenvalue weighted by Gasteiger charge is 2.25. The first-order chi connectivity index (χ1) is 14.9. The molecule has 0 aliphatic carbocycles. The fourth-order valence-corrected chi connectivity index (χ4v) is 5.49. The van der Waals surface area contributed by atoms with Gasteiger partial charge in [-0.05, 0) is 49.4 Å². The molecule has 0 aliphatic heterocycles. The van der Waals surface area contributed by atoms with E-state index in [1.165, 1.54) is 34.8 Å². The summed E-state index contributed by atoms with van der Waals surface area (Å²) in [5.41, 5.74) is 1.67. The number of sulfonamides is 1. The Morgan fingerprint density at radius 3 is 2.39 bits per heavy atom. The topological polar surface area (TPSA) is 70.6 Å². The monoisotopic (exact) mass is 451 g/mol. The molecular weight excluding hydrogens is 430 g/mol. The van der Waals surface area contributed by atoms with Gasteiger partial charge in [0.25, 0.3) is 15.9 Å². The summed E-state index contributed by atoms with van der Waals surface area (Å²) in [7, 11) is -2.32. The van der Waals surface area contributed by atoms with E-state index in [1.54, 1.807) is 41.3 Å². The van der Waals surface area contributed by atoms with Crippen LogP contribution in [0, 0.1) is 0 Å². The number of rotatable bonds is 6. The molecule has 0 spiro atoms. The first-order valence-corrected chi connectivity index (χ1v) is 12.0. The van der Waals surface area contributed by atoms with Crippen molar-refractivity contribution in [3.8, 4) is 0 Å². The lowest BCUT2D eigenvalue weighted by Gasteiger charge is -2.21. The van der Waals surface area contributed by atoms with Crippen LogP contribution in [-0.2, 0) is 10.0 Å². The Balaban J connectivity index is 1.67.